The summed E-state index contributed by atoms with van der Waals surface area (Å²) in [5, 5.41) is 0. The number of hydrogen-bond donors (Lipinski definition) is 0. The molecule has 0 unspecified atom stereocenters. The van der Waals surface area contributed by atoms with Gasteiger partial charge in [0.25, 0.3) is 0 Å². The van der Waals surface area contributed by atoms with Crippen molar-refractivity contribution in [2.24, 2.45) is 23.7 Å². The fourth-order valence-electron chi connectivity index (χ4n) is 4.40. The van der Waals surface area contributed by atoms with E-state index in [-0.39, 0.29) is 6.10 Å². The summed E-state index contributed by atoms with van der Waals surface area (Å²) in [5.41, 5.74) is 0. The van der Waals surface area contributed by atoms with Gasteiger partial charge in [0.05, 0.1) is 6.61 Å². The van der Waals surface area contributed by atoms with E-state index in [9.17, 15) is 4.79 Å². The second kappa shape index (κ2) is 3.94. The second-order valence-electron chi connectivity index (χ2n) is 5.48. The van der Waals surface area contributed by atoms with Crippen LogP contribution in [0.5, 0.6) is 0 Å². The summed E-state index contributed by atoms with van der Waals surface area (Å²) in [5.74, 6) is 3.25. The first-order chi connectivity index (χ1) is 7.79. The first kappa shape index (κ1) is 10.4. The third-order valence-corrected chi connectivity index (χ3v) is 4.93. The highest BCUT2D eigenvalue weighted by molar-refractivity contribution is 5.60. The molecule has 0 aliphatic heterocycles. The summed E-state index contributed by atoms with van der Waals surface area (Å²) in [6, 6.07) is 0. The van der Waals surface area contributed by atoms with Crippen LogP contribution in [0.25, 0.3) is 0 Å². The van der Waals surface area contributed by atoms with Crippen LogP contribution in [0.1, 0.15) is 39.0 Å². The van der Waals surface area contributed by atoms with Crippen molar-refractivity contribution in [3.63, 3.8) is 0 Å². The largest absolute Gasteiger partial charge is 0.508 e. The van der Waals surface area contributed by atoms with Crippen molar-refractivity contribution in [2.45, 2.75) is 45.1 Å². The van der Waals surface area contributed by atoms with Gasteiger partial charge in [-0.05, 0) is 62.7 Å². The van der Waals surface area contributed by atoms with Crippen molar-refractivity contribution in [1.82, 2.24) is 0 Å². The standard InChI is InChI=1S/C13H20O3/c1-2-15-13(14)16-12-7-8-3-4-10-9(8)5-6-11(10)12/h8-12H,2-7H2,1H3/t8-,9-,10-,11+,12-/m0/s1. The van der Waals surface area contributed by atoms with Crippen LogP contribution in [-0.2, 0) is 9.47 Å². The predicted octanol–water partition coefficient (Wildman–Crippen LogP) is 2.98. The van der Waals surface area contributed by atoms with E-state index in [0.717, 1.165) is 24.2 Å². The van der Waals surface area contributed by atoms with Gasteiger partial charge >= 0.3 is 6.16 Å². The Labute approximate surface area is 96.5 Å². The third-order valence-electron chi connectivity index (χ3n) is 4.93. The molecule has 0 aromatic heterocycles. The molecule has 5 atom stereocenters. The molecule has 0 saturated heterocycles. The normalized spacial score (nSPS) is 44.4. The molecule has 0 spiro atoms. The van der Waals surface area contributed by atoms with Gasteiger partial charge in [-0.25, -0.2) is 4.79 Å². The lowest BCUT2D eigenvalue weighted by Crippen LogP contribution is -2.35. The summed E-state index contributed by atoms with van der Waals surface area (Å²) in [6.45, 7) is 2.23. The van der Waals surface area contributed by atoms with Crippen LogP contribution in [0.2, 0.25) is 0 Å². The Hall–Kier alpha value is -0.730. The zero-order valence-electron chi connectivity index (χ0n) is 9.85. The second-order valence-corrected chi connectivity index (χ2v) is 5.48. The summed E-state index contributed by atoms with van der Waals surface area (Å²) in [4.78, 5) is 11.4. The molecule has 0 amide bonds. The van der Waals surface area contributed by atoms with Crippen LogP contribution in [0.15, 0.2) is 0 Å². The van der Waals surface area contributed by atoms with Gasteiger partial charge in [0, 0.05) is 0 Å². The highest BCUT2D eigenvalue weighted by atomic mass is 16.7. The van der Waals surface area contributed by atoms with Crippen LogP contribution >= 0.6 is 0 Å². The lowest BCUT2D eigenvalue weighted by Gasteiger charge is -2.34. The predicted molar refractivity (Wildman–Crippen MR) is 58.9 cm³/mol. The van der Waals surface area contributed by atoms with Crippen LogP contribution in [0, 0.1) is 23.7 Å². The molecule has 0 aromatic rings. The molecule has 0 aromatic carbocycles. The van der Waals surface area contributed by atoms with Crippen LogP contribution in [0.3, 0.4) is 0 Å². The van der Waals surface area contributed by atoms with E-state index in [1.165, 1.54) is 25.7 Å². The molecule has 0 heterocycles. The topological polar surface area (TPSA) is 35.5 Å². The minimum atomic E-state index is -0.461. The molecule has 3 saturated carbocycles. The van der Waals surface area contributed by atoms with E-state index >= 15 is 0 Å². The Kier molecular flexibility index (Phi) is 2.56. The molecule has 0 N–H and O–H groups in total. The van der Waals surface area contributed by atoms with Gasteiger partial charge in [0.15, 0.2) is 0 Å². The van der Waals surface area contributed by atoms with Gasteiger partial charge < -0.3 is 9.47 Å². The Morgan fingerprint density at radius 3 is 2.69 bits per heavy atom. The van der Waals surface area contributed by atoms with E-state index in [0.29, 0.717) is 12.5 Å². The fourth-order valence-corrected chi connectivity index (χ4v) is 4.40. The Bertz CT molecular complexity index is 289. The van der Waals surface area contributed by atoms with Crippen molar-refractivity contribution >= 4 is 6.16 Å². The number of hydrogen-bond acceptors (Lipinski definition) is 3. The number of carbonyl (C=O) groups excluding carboxylic acids is 1. The van der Waals surface area contributed by atoms with Gasteiger partial charge in [0.1, 0.15) is 6.10 Å². The van der Waals surface area contributed by atoms with Crippen LogP contribution in [0.4, 0.5) is 4.79 Å². The average Bonchev–Trinajstić information content (AvgIpc) is 2.71. The molecule has 3 heteroatoms. The van der Waals surface area contributed by atoms with Crippen molar-refractivity contribution in [3.05, 3.63) is 0 Å². The lowest BCUT2D eigenvalue weighted by atomic mass is 9.77. The van der Waals surface area contributed by atoms with E-state index in [2.05, 4.69) is 0 Å². The molecular formula is C13H20O3. The Balaban J connectivity index is 1.66. The SMILES string of the molecule is CCOC(=O)O[C@H]1C[C@@H]2CC[C@@H]3[C@H]1CC[C@@H]23. The number of carbonyl (C=O) groups is 1. The van der Waals surface area contributed by atoms with Crippen molar-refractivity contribution in [1.29, 1.82) is 0 Å². The molecule has 4 bridgehead atoms. The highest BCUT2D eigenvalue weighted by Gasteiger charge is 2.53. The van der Waals surface area contributed by atoms with E-state index in [4.69, 9.17) is 9.47 Å². The highest BCUT2D eigenvalue weighted by Crippen LogP contribution is 2.58. The summed E-state index contributed by atoms with van der Waals surface area (Å²) in [6.07, 6.45) is 6.12. The van der Waals surface area contributed by atoms with Gasteiger partial charge in [0.2, 0.25) is 0 Å². The molecule has 90 valence electrons. The first-order valence-electron chi connectivity index (χ1n) is 6.63. The van der Waals surface area contributed by atoms with E-state index in [1.807, 2.05) is 6.92 Å². The van der Waals surface area contributed by atoms with Crippen molar-refractivity contribution < 1.29 is 14.3 Å². The van der Waals surface area contributed by atoms with Crippen LogP contribution in [-0.4, -0.2) is 18.9 Å². The molecule has 16 heavy (non-hydrogen) atoms. The fraction of sp³-hybridized carbons (Fsp3) is 0.923. The molecule has 3 fully saturated rings. The molecule has 3 rings (SSSR count). The molecule has 0 radical (unpaired) electrons. The number of rotatable bonds is 2. The summed E-state index contributed by atoms with van der Waals surface area (Å²) in [7, 11) is 0. The minimum absolute atomic E-state index is 0.148. The zero-order chi connectivity index (χ0) is 11.1. The van der Waals surface area contributed by atoms with Gasteiger partial charge in [-0.1, -0.05) is 0 Å². The van der Waals surface area contributed by atoms with E-state index < -0.39 is 6.16 Å². The molecular weight excluding hydrogens is 204 g/mol. The van der Waals surface area contributed by atoms with Crippen molar-refractivity contribution in [3.8, 4) is 0 Å². The molecule has 3 aliphatic rings. The van der Waals surface area contributed by atoms with Gasteiger partial charge in [-0.2, -0.15) is 0 Å². The Morgan fingerprint density at radius 1 is 1.12 bits per heavy atom. The maximum Gasteiger partial charge on any atom is 0.508 e. The summed E-state index contributed by atoms with van der Waals surface area (Å²) >= 11 is 0. The minimum Gasteiger partial charge on any atom is -0.435 e. The number of ether oxygens (including phenoxy) is 2. The van der Waals surface area contributed by atoms with Gasteiger partial charge in [-0.3, -0.25) is 0 Å². The lowest BCUT2D eigenvalue weighted by molar-refractivity contribution is -0.0248. The first-order valence-corrected chi connectivity index (χ1v) is 6.63. The maximum absolute atomic E-state index is 11.4. The maximum atomic E-state index is 11.4. The van der Waals surface area contributed by atoms with E-state index in [1.54, 1.807) is 0 Å². The third kappa shape index (κ3) is 1.52. The monoisotopic (exact) mass is 224 g/mol. The Morgan fingerprint density at radius 2 is 1.88 bits per heavy atom. The average molecular weight is 224 g/mol. The van der Waals surface area contributed by atoms with Crippen LogP contribution < -0.4 is 0 Å². The zero-order valence-corrected chi connectivity index (χ0v) is 9.85. The molecule has 3 nitrogen and oxygen atoms in total. The quantitative estimate of drug-likeness (QED) is 0.676. The summed E-state index contributed by atoms with van der Waals surface area (Å²) < 4.78 is 10.4. The molecule has 3 aliphatic carbocycles. The van der Waals surface area contributed by atoms with Crippen molar-refractivity contribution in [2.75, 3.05) is 6.61 Å². The smallest absolute Gasteiger partial charge is 0.435 e. The van der Waals surface area contributed by atoms with Gasteiger partial charge in [-0.15, -0.1) is 0 Å².